The van der Waals surface area contributed by atoms with E-state index in [2.05, 4.69) is 37.2 Å². The first-order valence-corrected chi connectivity index (χ1v) is 11.5. The van der Waals surface area contributed by atoms with Gasteiger partial charge in [-0.25, -0.2) is 9.59 Å². The highest BCUT2D eigenvalue weighted by molar-refractivity contribution is 9.11. The average molecular weight is 582 g/mol. The largest absolute Gasteiger partial charge is 0.506 e. The Balaban J connectivity index is 2.32. The maximum atomic E-state index is 12.7. The van der Waals surface area contributed by atoms with Crippen molar-refractivity contribution < 1.29 is 29.3 Å². The van der Waals surface area contributed by atoms with Gasteiger partial charge in [-0.1, -0.05) is 22.0 Å². The molecular weight excluding hydrogens is 560 g/mol. The Morgan fingerprint density at radius 1 is 1.24 bits per heavy atom. The number of amides is 1. The molecule has 0 heterocycles. The summed E-state index contributed by atoms with van der Waals surface area (Å²) in [7, 11) is 0. The number of hydrogen-bond acceptors (Lipinski definition) is 6. The maximum Gasteiger partial charge on any atom is 0.412 e. The van der Waals surface area contributed by atoms with Gasteiger partial charge in [0.05, 0.1) is 22.2 Å². The van der Waals surface area contributed by atoms with Gasteiger partial charge in [-0.05, 0) is 72.1 Å². The number of ether oxygens (including phenoxy) is 2. The second-order valence-electron chi connectivity index (χ2n) is 6.78. The third-order valence-electron chi connectivity index (χ3n) is 4.46. The molecule has 0 bridgehead atoms. The monoisotopic (exact) mass is 580 g/mol. The lowest BCUT2D eigenvalue weighted by atomic mass is 9.99. The summed E-state index contributed by atoms with van der Waals surface area (Å²) in [5, 5.41) is 31.0. The molecular formula is C23H22Br2N2O6. The van der Waals surface area contributed by atoms with Crippen LogP contribution in [-0.4, -0.2) is 35.0 Å². The summed E-state index contributed by atoms with van der Waals surface area (Å²) >= 11 is 6.66. The Morgan fingerprint density at radius 3 is 2.55 bits per heavy atom. The summed E-state index contributed by atoms with van der Waals surface area (Å²) < 4.78 is 12.6. The van der Waals surface area contributed by atoms with E-state index in [1.807, 2.05) is 6.07 Å². The van der Waals surface area contributed by atoms with E-state index in [9.17, 15) is 14.7 Å². The fourth-order valence-corrected chi connectivity index (χ4v) is 4.27. The van der Waals surface area contributed by atoms with Gasteiger partial charge < -0.3 is 19.7 Å². The van der Waals surface area contributed by atoms with Gasteiger partial charge in [0.2, 0.25) is 0 Å². The van der Waals surface area contributed by atoms with E-state index in [1.54, 1.807) is 43.3 Å². The number of aromatic hydroxyl groups is 1. The fourth-order valence-electron chi connectivity index (χ4n) is 3.01. The molecule has 0 spiro atoms. The van der Waals surface area contributed by atoms with Crippen molar-refractivity contribution in [3.63, 3.8) is 0 Å². The molecule has 1 amide bonds. The van der Waals surface area contributed by atoms with E-state index in [4.69, 9.17) is 19.8 Å². The molecule has 0 aliphatic carbocycles. The quantitative estimate of drug-likeness (QED) is 0.298. The molecule has 174 valence electrons. The predicted octanol–water partition coefficient (Wildman–Crippen LogP) is 5.90. The first-order chi connectivity index (χ1) is 15.7. The highest BCUT2D eigenvalue weighted by atomic mass is 79.9. The predicted molar refractivity (Wildman–Crippen MR) is 129 cm³/mol. The topological polar surface area (TPSA) is 129 Å². The molecule has 2 aromatic rings. The lowest BCUT2D eigenvalue weighted by Gasteiger charge is -2.28. The summed E-state index contributed by atoms with van der Waals surface area (Å²) in [4.78, 5) is 23.5. The van der Waals surface area contributed by atoms with Gasteiger partial charge in [-0.15, -0.1) is 0 Å². The molecule has 0 aliphatic rings. The van der Waals surface area contributed by atoms with Crippen molar-refractivity contribution >= 4 is 49.6 Å². The maximum absolute atomic E-state index is 12.7. The van der Waals surface area contributed by atoms with E-state index in [0.717, 1.165) is 6.08 Å². The zero-order valence-electron chi connectivity index (χ0n) is 17.6. The summed E-state index contributed by atoms with van der Waals surface area (Å²) in [5.74, 6) is -1.17. The molecule has 2 rings (SSSR count). The van der Waals surface area contributed by atoms with Crippen molar-refractivity contribution in [3.8, 4) is 11.8 Å². The second-order valence-corrected chi connectivity index (χ2v) is 8.55. The Kier molecular flexibility index (Phi) is 10.4. The van der Waals surface area contributed by atoms with Crippen molar-refractivity contribution in [1.82, 2.24) is 0 Å². The van der Waals surface area contributed by atoms with Gasteiger partial charge in [-0.3, -0.25) is 5.32 Å². The van der Waals surface area contributed by atoms with Crippen LogP contribution >= 0.6 is 31.9 Å². The molecule has 10 heteroatoms. The number of carbonyl (C=O) groups is 2. The molecule has 0 saturated carbocycles. The first kappa shape index (κ1) is 26.4. The Hall–Kier alpha value is -2.87. The minimum atomic E-state index is -1.06. The Bertz CT molecular complexity index is 1050. The molecule has 33 heavy (non-hydrogen) atoms. The molecule has 0 unspecified atom stereocenters. The van der Waals surface area contributed by atoms with Crippen molar-refractivity contribution in [1.29, 1.82) is 5.26 Å². The number of halogens is 2. The zero-order valence-corrected chi connectivity index (χ0v) is 20.8. The number of nitrogens with one attached hydrogen (secondary N) is 1. The number of nitriles is 1. The van der Waals surface area contributed by atoms with Gasteiger partial charge in [0.1, 0.15) is 5.75 Å². The number of nitrogens with zero attached hydrogens (tertiary/aromatic N) is 1. The van der Waals surface area contributed by atoms with Crippen LogP contribution < -0.4 is 5.32 Å². The number of hydrogen-bond donors (Lipinski definition) is 3. The van der Waals surface area contributed by atoms with E-state index in [1.165, 1.54) is 6.08 Å². The van der Waals surface area contributed by atoms with Crippen molar-refractivity contribution in [2.75, 3.05) is 11.9 Å². The second kappa shape index (κ2) is 13.0. The standard InChI is InChI=1S/C23H22Br2N2O6/c1-2-32-19(5-3-4-6-20(28)29)22(17-11-15(24)12-18(25)21(17)30)33-23(31)27-16-9-7-14(13-26)8-10-16/h4,6-12,19,22,30H,2-3,5H2,1H3,(H,27,31)(H,28,29)/b6-4+/t19-,22-/m1/s1. The molecule has 0 aliphatic heterocycles. The van der Waals surface area contributed by atoms with Gasteiger partial charge in [0.15, 0.2) is 6.10 Å². The lowest BCUT2D eigenvalue weighted by Crippen LogP contribution is -2.29. The number of phenolic OH excluding ortho intramolecular Hbond substituents is 1. The lowest BCUT2D eigenvalue weighted by molar-refractivity contribution is -0.131. The van der Waals surface area contributed by atoms with Gasteiger partial charge in [-0.2, -0.15) is 5.26 Å². The molecule has 0 aromatic heterocycles. The van der Waals surface area contributed by atoms with Gasteiger partial charge in [0.25, 0.3) is 0 Å². The van der Waals surface area contributed by atoms with E-state index >= 15 is 0 Å². The molecule has 0 saturated heterocycles. The third kappa shape index (κ3) is 8.20. The average Bonchev–Trinajstić information content (AvgIpc) is 2.77. The van der Waals surface area contributed by atoms with Crippen LogP contribution in [0.4, 0.5) is 10.5 Å². The van der Waals surface area contributed by atoms with Crippen LogP contribution in [-0.2, 0) is 14.3 Å². The number of carbonyl (C=O) groups excluding carboxylic acids is 1. The number of rotatable bonds is 10. The van der Waals surface area contributed by atoms with Crippen LogP contribution in [0.1, 0.15) is 37.0 Å². The number of carboxylic acid groups (broad SMARTS) is 1. The molecule has 0 radical (unpaired) electrons. The molecule has 8 nitrogen and oxygen atoms in total. The number of phenols is 1. The fraction of sp³-hybridized carbons (Fsp3) is 0.261. The van der Waals surface area contributed by atoms with E-state index < -0.39 is 24.3 Å². The van der Waals surface area contributed by atoms with Gasteiger partial charge >= 0.3 is 12.1 Å². The minimum Gasteiger partial charge on any atom is -0.506 e. The van der Waals surface area contributed by atoms with Crippen LogP contribution in [0.2, 0.25) is 0 Å². The van der Waals surface area contributed by atoms with E-state index in [0.29, 0.717) is 45.2 Å². The molecule has 3 N–H and O–H groups in total. The molecule has 2 atom stereocenters. The van der Waals surface area contributed by atoms with Gasteiger partial charge in [0, 0.05) is 28.4 Å². The summed E-state index contributed by atoms with van der Waals surface area (Å²) in [6, 6.07) is 11.5. The SMILES string of the molecule is CCO[C@H](CC/C=C/C(=O)O)[C@H](OC(=O)Nc1ccc(C#N)cc1)c1cc(Br)cc(Br)c1O. The number of anilines is 1. The third-order valence-corrected chi connectivity index (χ3v) is 5.52. The smallest absolute Gasteiger partial charge is 0.412 e. The van der Waals surface area contributed by atoms with Crippen molar-refractivity contribution in [2.45, 2.75) is 32.0 Å². The van der Waals surface area contributed by atoms with Crippen LogP contribution in [0.3, 0.4) is 0 Å². The summed E-state index contributed by atoms with van der Waals surface area (Å²) in [6.07, 6.45) is 0.733. The number of benzene rings is 2. The Labute approximate surface area is 208 Å². The van der Waals surface area contributed by atoms with Crippen LogP contribution in [0.25, 0.3) is 0 Å². The highest BCUT2D eigenvalue weighted by Gasteiger charge is 2.31. The highest BCUT2D eigenvalue weighted by Crippen LogP contribution is 2.39. The van der Waals surface area contributed by atoms with E-state index in [-0.39, 0.29) is 5.75 Å². The molecule has 2 aromatic carbocycles. The molecule has 0 fully saturated rings. The Morgan fingerprint density at radius 2 is 1.94 bits per heavy atom. The van der Waals surface area contributed by atoms with Crippen LogP contribution in [0, 0.1) is 11.3 Å². The van der Waals surface area contributed by atoms with Crippen LogP contribution in [0.15, 0.2) is 57.5 Å². The normalized spacial score (nSPS) is 12.7. The van der Waals surface area contributed by atoms with Crippen molar-refractivity contribution in [2.24, 2.45) is 0 Å². The summed E-state index contributed by atoms with van der Waals surface area (Å²) in [6.45, 7) is 2.09. The number of allylic oxidation sites excluding steroid dienone is 1. The zero-order chi connectivity index (χ0) is 24.4. The van der Waals surface area contributed by atoms with Crippen LogP contribution in [0.5, 0.6) is 5.75 Å². The van der Waals surface area contributed by atoms with Crippen molar-refractivity contribution in [3.05, 3.63) is 68.6 Å². The first-order valence-electron chi connectivity index (χ1n) is 9.91. The number of carboxylic acids is 1. The summed E-state index contributed by atoms with van der Waals surface area (Å²) in [5.41, 5.74) is 1.18. The minimum absolute atomic E-state index is 0.111. The number of aliphatic carboxylic acids is 1.